The number of hydrogen-bond acceptors (Lipinski definition) is 4. The van der Waals surface area contributed by atoms with E-state index >= 15 is 0 Å². The molecule has 4 rings (SSSR count). The minimum atomic E-state index is -0.415. The van der Waals surface area contributed by atoms with Gasteiger partial charge in [-0.15, -0.1) is 0 Å². The van der Waals surface area contributed by atoms with Gasteiger partial charge >= 0.3 is 0 Å². The summed E-state index contributed by atoms with van der Waals surface area (Å²) >= 11 is 0. The van der Waals surface area contributed by atoms with Gasteiger partial charge in [-0.25, -0.2) is 0 Å². The molecular weight excluding hydrogens is 394 g/mol. The number of carbonyl (C=O) groups excluding carboxylic acids is 2. The van der Waals surface area contributed by atoms with E-state index in [2.05, 4.69) is 10.6 Å². The molecule has 0 aliphatic carbocycles. The molecule has 1 fully saturated rings. The normalized spacial score (nSPS) is 15.4. The Labute approximate surface area is 179 Å². The molecule has 1 aliphatic heterocycles. The van der Waals surface area contributed by atoms with Crippen LogP contribution < -0.4 is 16.2 Å². The Morgan fingerprint density at radius 1 is 0.968 bits per heavy atom. The highest BCUT2D eigenvalue weighted by Gasteiger charge is 2.18. The molecule has 1 aliphatic rings. The van der Waals surface area contributed by atoms with Gasteiger partial charge in [0.15, 0.2) is 0 Å². The molecular formula is C24H23N3O4. The van der Waals surface area contributed by atoms with Gasteiger partial charge in [-0.3, -0.25) is 19.0 Å². The Balaban J connectivity index is 1.46. The fourth-order valence-electron chi connectivity index (χ4n) is 3.48. The van der Waals surface area contributed by atoms with E-state index in [4.69, 9.17) is 4.74 Å². The van der Waals surface area contributed by atoms with Crippen LogP contribution in [0.2, 0.25) is 0 Å². The number of carbonyl (C=O) groups is 2. The van der Waals surface area contributed by atoms with Crippen molar-refractivity contribution in [2.75, 3.05) is 18.5 Å². The summed E-state index contributed by atoms with van der Waals surface area (Å²) in [6.07, 6.45) is 3.51. The van der Waals surface area contributed by atoms with Crippen LogP contribution in [0.4, 0.5) is 5.69 Å². The number of nitrogens with one attached hydrogen (secondary N) is 2. The van der Waals surface area contributed by atoms with Gasteiger partial charge in [0, 0.05) is 36.3 Å². The van der Waals surface area contributed by atoms with Gasteiger partial charge in [-0.2, -0.15) is 0 Å². The maximum absolute atomic E-state index is 12.9. The van der Waals surface area contributed by atoms with Crippen molar-refractivity contribution >= 4 is 17.5 Å². The maximum atomic E-state index is 12.9. The highest BCUT2D eigenvalue weighted by Crippen LogP contribution is 2.14. The highest BCUT2D eigenvalue weighted by molar-refractivity contribution is 6.04. The van der Waals surface area contributed by atoms with Gasteiger partial charge in [0.2, 0.25) is 0 Å². The standard InChI is InChI=1S/C24H23N3O4/c28-22(17-6-2-1-3-7-17)26-18-10-12-19(13-11-18)27-14-4-9-21(24(27)30)23(29)25-16-20-8-5-15-31-20/h1-4,6-7,9-14,20H,5,8,15-16H2,(H,25,29)(H,26,28)/t20-/m1/s1. The first kappa shape index (κ1) is 20.6. The molecule has 0 bridgehead atoms. The SMILES string of the molecule is O=C(Nc1ccc(-n2cccc(C(=O)NC[C@H]3CCCO3)c2=O)cc1)c1ccccc1. The predicted octanol–water partition coefficient (Wildman–Crippen LogP) is 3.00. The van der Waals surface area contributed by atoms with E-state index in [-0.39, 0.29) is 17.6 Å². The molecule has 0 unspecified atom stereocenters. The second-order valence-electron chi connectivity index (χ2n) is 7.31. The Hall–Kier alpha value is -3.71. The molecule has 1 saturated heterocycles. The van der Waals surface area contributed by atoms with Crippen LogP contribution in [0.3, 0.4) is 0 Å². The summed E-state index contributed by atoms with van der Waals surface area (Å²) in [5, 5.41) is 5.60. The molecule has 2 aromatic carbocycles. The molecule has 31 heavy (non-hydrogen) atoms. The van der Waals surface area contributed by atoms with Crippen LogP contribution in [-0.2, 0) is 4.74 Å². The van der Waals surface area contributed by atoms with Crippen LogP contribution in [0.5, 0.6) is 0 Å². The first-order valence-corrected chi connectivity index (χ1v) is 10.2. The van der Waals surface area contributed by atoms with Crippen molar-refractivity contribution in [3.63, 3.8) is 0 Å². The minimum absolute atomic E-state index is 0.00790. The van der Waals surface area contributed by atoms with E-state index in [1.807, 2.05) is 6.07 Å². The van der Waals surface area contributed by atoms with Crippen molar-refractivity contribution in [3.8, 4) is 5.69 Å². The summed E-state index contributed by atoms with van der Waals surface area (Å²) in [5.74, 6) is -0.628. The van der Waals surface area contributed by atoms with Crippen molar-refractivity contribution in [3.05, 3.63) is 94.4 Å². The van der Waals surface area contributed by atoms with Crippen LogP contribution in [-0.4, -0.2) is 35.6 Å². The zero-order valence-corrected chi connectivity index (χ0v) is 16.9. The third-order valence-corrected chi connectivity index (χ3v) is 5.15. The number of ether oxygens (including phenoxy) is 1. The minimum Gasteiger partial charge on any atom is -0.376 e. The largest absolute Gasteiger partial charge is 0.376 e. The molecule has 2 N–H and O–H groups in total. The second kappa shape index (κ2) is 9.40. The summed E-state index contributed by atoms with van der Waals surface area (Å²) in [5.41, 5.74) is 1.42. The molecule has 0 spiro atoms. The third-order valence-electron chi connectivity index (χ3n) is 5.15. The molecule has 7 heteroatoms. The lowest BCUT2D eigenvalue weighted by atomic mass is 10.2. The number of anilines is 1. The quantitative estimate of drug-likeness (QED) is 0.645. The molecule has 1 atom stereocenters. The summed E-state index contributed by atoms with van der Waals surface area (Å²) in [6.45, 7) is 1.10. The van der Waals surface area contributed by atoms with Crippen molar-refractivity contribution in [1.29, 1.82) is 0 Å². The van der Waals surface area contributed by atoms with E-state index in [0.717, 1.165) is 12.8 Å². The molecule has 1 aromatic heterocycles. The summed E-state index contributed by atoms with van der Waals surface area (Å²) in [4.78, 5) is 37.6. The molecule has 2 heterocycles. The van der Waals surface area contributed by atoms with Crippen LogP contribution in [0, 0.1) is 0 Å². The Morgan fingerprint density at radius 3 is 2.45 bits per heavy atom. The van der Waals surface area contributed by atoms with Gasteiger partial charge in [0.1, 0.15) is 5.56 Å². The second-order valence-corrected chi connectivity index (χ2v) is 7.31. The van der Waals surface area contributed by atoms with Gasteiger partial charge in [0.05, 0.1) is 6.10 Å². The van der Waals surface area contributed by atoms with E-state index in [0.29, 0.717) is 30.1 Å². The van der Waals surface area contributed by atoms with E-state index < -0.39 is 11.5 Å². The smallest absolute Gasteiger partial charge is 0.267 e. The van der Waals surface area contributed by atoms with Gasteiger partial charge in [0.25, 0.3) is 17.4 Å². The number of aromatic nitrogens is 1. The zero-order chi connectivity index (χ0) is 21.6. The van der Waals surface area contributed by atoms with E-state index in [9.17, 15) is 14.4 Å². The van der Waals surface area contributed by atoms with E-state index in [1.165, 1.54) is 10.6 Å². The third kappa shape index (κ3) is 4.90. The Bertz CT molecular complexity index is 1120. The molecule has 0 radical (unpaired) electrons. The average molecular weight is 417 g/mol. The molecule has 158 valence electrons. The van der Waals surface area contributed by atoms with Crippen LogP contribution in [0.25, 0.3) is 5.69 Å². The number of benzene rings is 2. The van der Waals surface area contributed by atoms with Crippen molar-refractivity contribution in [1.82, 2.24) is 9.88 Å². The van der Waals surface area contributed by atoms with Crippen LogP contribution in [0.1, 0.15) is 33.6 Å². The first-order valence-electron chi connectivity index (χ1n) is 10.2. The highest BCUT2D eigenvalue weighted by atomic mass is 16.5. The lowest BCUT2D eigenvalue weighted by molar-refractivity contribution is 0.0856. The van der Waals surface area contributed by atoms with Crippen LogP contribution >= 0.6 is 0 Å². The molecule has 0 saturated carbocycles. The monoisotopic (exact) mass is 417 g/mol. The van der Waals surface area contributed by atoms with Gasteiger partial charge in [-0.05, 0) is 61.4 Å². The van der Waals surface area contributed by atoms with Gasteiger partial charge < -0.3 is 15.4 Å². The van der Waals surface area contributed by atoms with Gasteiger partial charge in [-0.1, -0.05) is 18.2 Å². The predicted molar refractivity (Wildman–Crippen MR) is 118 cm³/mol. The maximum Gasteiger partial charge on any atom is 0.267 e. The lowest BCUT2D eigenvalue weighted by Gasteiger charge is -2.12. The number of nitrogens with zero attached hydrogens (tertiary/aromatic N) is 1. The fraction of sp³-hybridized carbons (Fsp3) is 0.208. The topological polar surface area (TPSA) is 89.4 Å². The zero-order valence-electron chi connectivity index (χ0n) is 16.9. The molecule has 3 aromatic rings. The number of rotatable bonds is 6. The summed E-state index contributed by atoms with van der Waals surface area (Å²) in [7, 11) is 0. The van der Waals surface area contributed by atoms with Crippen molar-refractivity contribution < 1.29 is 14.3 Å². The fourth-order valence-corrected chi connectivity index (χ4v) is 3.48. The summed E-state index contributed by atoms with van der Waals surface area (Å²) < 4.78 is 6.91. The Morgan fingerprint density at radius 2 is 1.74 bits per heavy atom. The molecule has 2 amide bonds. The van der Waals surface area contributed by atoms with Crippen molar-refractivity contribution in [2.45, 2.75) is 18.9 Å². The number of hydrogen-bond donors (Lipinski definition) is 2. The van der Waals surface area contributed by atoms with Crippen molar-refractivity contribution in [2.24, 2.45) is 0 Å². The summed E-state index contributed by atoms with van der Waals surface area (Å²) in [6, 6.07) is 19.0. The molecule has 7 nitrogen and oxygen atoms in total. The number of pyridine rings is 1. The van der Waals surface area contributed by atoms with Crippen LogP contribution in [0.15, 0.2) is 77.7 Å². The first-order chi connectivity index (χ1) is 15.1. The lowest BCUT2D eigenvalue weighted by Crippen LogP contribution is -2.36. The Kier molecular flexibility index (Phi) is 6.24. The number of amides is 2. The van der Waals surface area contributed by atoms with E-state index in [1.54, 1.807) is 60.8 Å². The average Bonchev–Trinajstić information content (AvgIpc) is 3.33.